The second kappa shape index (κ2) is 7.61. The third kappa shape index (κ3) is 4.33. The summed E-state index contributed by atoms with van der Waals surface area (Å²) in [5, 5.41) is 2.98. The average Bonchev–Trinajstić information content (AvgIpc) is 2.53. The number of nitrogens with one attached hydrogen (secondary N) is 2. The smallest absolute Gasteiger partial charge is 0.251 e. The highest BCUT2D eigenvalue weighted by Gasteiger charge is 2.08. The van der Waals surface area contributed by atoms with Crippen molar-refractivity contribution in [2.24, 2.45) is 0 Å². The molecule has 0 radical (unpaired) electrons. The Kier molecular flexibility index (Phi) is 5.55. The van der Waals surface area contributed by atoms with E-state index >= 15 is 0 Å². The molecule has 2 aromatic rings. The van der Waals surface area contributed by atoms with Gasteiger partial charge in [0.25, 0.3) is 5.91 Å². The summed E-state index contributed by atoms with van der Waals surface area (Å²) in [4.78, 5) is 13.5. The minimum absolute atomic E-state index is 0.0744. The topological polar surface area (TPSA) is 42.8 Å². The second-order valence-corrected chi connectivity index (χ2v) is 5.56. The van der Waals surface area contributed by atoms with Crippen LogP contribution in [0.4, 0.5) is 0 Å². The van der Waals surface area contributed by atoms with E-state index in [1.807, 2.05) is 12.1 Å². The summed E-state index contributed by atoms with van der Waals surface area (Å²) in [5.41, 5.74) is 3.06. The lowest BCUT2D eigenvalue weighted by Gasteiger charge is -2.13. The van der Waals surface area contributed by atoms with Crippen LogP contribution in [0.1, 0.15) is 21.5 Å². The zero-order valence-electron chi connectivity index (χ0n) is 13.3. The van der Waals surface area contributed by atoms with Gasteiger partial charge in [-0.15, -0.1) is 0 Å². The third-order valence-corrected chi connectivity index (χ3v) is 3.45. The third-order valence-electron chi connectivity index (χ3n) is 3.45. The largest absolute Gasteiger partial charge is 0.497 e. The summed E-state index contributed by atoms with van der Waals surface area (Å²) in [6, 6.07) is 15.3. The van der Waals surface area contributed by atoms with Gasteiger partial charge < -0.3 is 15.0 Å². The molecule has 0 unspecified atom stereocenters. The van der Waals surface area contributed by atoms with Crippen molar-refractivity contribution in [3.63, 3.8) is 0 Å². The first kappa shape index (κ1) is 16.0. The highest BCUT2D eigenvalue weighted by molar-refractivity contribution is 5.94. The Morgan fingerprint density at radius 3 is 2.27 bits per heavy atom. The van der Waals surface area contributed by atoms with Crippen molar-refractivity contribution in [2.75, 3.05) is 21.2 Å². The Morgan fingerprint density at radius 1 is 1.05 bits per heavy atom. The maximum absolute atomic E-state index is 12.2. The lowest BCUT2D eigenvalue weighted by atomic mass is 10.1. The monoisotopic (exact) mass is 299 g/mol. The molecule has 2 aromatic carbocycles. The molecule has 0 spiro atoms. The number of hydrogen-bond donors (Lipinski definition) is 2. The summed E-state index contributed by atoms with van der Waals surface area (Å²) in [7, 11) is 5.85. The molecule has 0 saturated carbocycles. The van der Waals surface area contributed by atoms with Crippen LogP contribution in [0.5, 0.6) is 5.75 Å². The van der Waals surface area contributed by atoms with Gasteiger partial charge in [-0.3, -0.25) is 4.79 Å². The van der Waals surface area contributed by atoms with Crippen LogP contribution < -0.4 is 15.0 Å². The molecule has 0 heterocycles. The van der Waals surface area contributed by atoms with E-state index in [2.05, 4.69) is 31.5 Å². The van der Waals surface area contributed by atoms with Gasteiger partial charge in [0.15, 0.2) is 0 Å². The zero-order chi connectivity index (χ0) is 15.9. The lowest BCUT2D eigenvalue weighted by molar-refractivity contribution is -0.872. The van der Waals surface area contributed by atoms with Crippen molar-refractivity contribution in [1.82, 2.24) is 5.32 Å². The number of carbonyl (C=O) groups is 1. The summed E-state index contributed by atoms with van der Waals surface area (Å²) in [5.74, 6) is 0.672. The number of carbonyl (C=O) groups excluding carboxylic acids is 1. The number of quaternary nitrogens is 1. The molecule has 2 N–H and O–H groups in total. The molecule has 0 saturated heterocycles. The van der Waals surface area contributed by atoms with Gasteiger partial charge in [0.05, 0.1) is 21.2 Å². The van der Waals surface area contributed by atoms with Crippen LogP contribution in [0.2, 0.25) is 0 Å². The number of hydrogen-bond acceptors (Lipinski definition) is 2. The van der Waals surface area contributed by atoms with Crippen LogP contribution in [0.15, 0.2) is 48.5 Å². The Morgan fingerprint density at radius 2 is 1.68 bits per heavy atom. The summed E-state index contributed by atoms with van der Waals surface area (Å²) in [6.45, 7) is 1.48. The summed E-state index contributed by atoms with van der Waals surface area (Å²) < 4.78 is 5.10. The highest BCUT2D eigenvalue weighted by Crippen LogP contribution is 2.12. The van der Waals surface area contributed by atoms with Gasteiger partial charge in [-0.1, -0.05) is 24.3 Å². The number of amides is 1. The van der Waals surface area contributed by atoms with Gasteiger partial charge in [0.2, 0.25) is 0 Å². The van der Waals surface area contributed by atoms with E-state index in [1.54, 1.807) is 31.4 Å². The van der Waals surface area contributed by atoms with E-state index in [4.69, 9.17) is 4.74 Å². The molecule has 0 aromatic heterocycles. The Balaban J connectivity index is 2.01. The fourth-order valence-corrected chi connectivity index (χ4v) is 2.30. The van der Waals surface area contributed by atoms with Crippen molar-refractivity contribution >= 4 is 5.91 Å². The van der Waals surface area contributed by atoms with Crippen molar-refractivity contribution in [3.05, 3.63) is 65.2 Å². The van der Waals surface area contributed by atoms with Crippen LogP contribution in [-0.2, 0) is 13.1 Å². The van der Waals surface area contributed by atoms with Crippen LogP contribution >= 0.6 is 0 Å². The number of methoxy groups -OCH3 is 1. The molecular weight excluding hydrogens is 276 g/mol. The van der Waals surface area contributed by atoms with Gasteiger partial charge >= 0.3 is 0 Å². The minimum Gasteiger partial charge on any atom is -0.497 e. The van der Waals surface area contributed by atoms with Crippen molar-refractivity contribution in [2.45, 2.75) is 13.1 Å². The summed E-state index contributed by atoms with van der Waals surface area (Å²) in [6.07, 6.45) is 0. The van der Waals surface area contributed by atoms with Crippen LogP contribution in [0.3, 0.4) is 0 Å². The number of benzene rings is 2. The van der Waals surface area contributed by atoms with Crippen LogP contribution in [0, 0.1) is 0 Å². The highest BCUT2D eigenvalue weighted by atomic mass is 16.5. The van der Waals surface area contributed by atoms with E-state index in [1.165, 1.54) is 10.5 Å². The molecule has 0 aliphatic heterocycles. The lowest BCUT2D eigenvalue weighted by Crippen LogP contribution is -3.04. The van der Waals surface area contributed by atoms with Gasteiger partial charge in [0.1, 0.15) is 12.3 Å². The van der Waals surface area contributed by atoms with Gasteiger partial charge in [-0.2, -0.15) is 0 Å². The fraction of sp³-hybridized carbons (Fsp3) is 0.278. The molecule has 22 heavy (non-hydrogen) atoms. The van der Waals surface area contributed by atoms with Crippen LogP contribution in [-0.4, -0.2) is 27.1 Å². The van der Waals surface area contributed by atoms with Crippen molar-refractivity contribution < 1.29 is 14.4 Å². The normalized spacial score (nSPS) is 10.5. The Hall–Kier alpha value is -2.33. The van der Waals surface area contributed by atoms with Crippen molar-refractivity contribution in [1.29, 1.82) is 0 Å². The Labute approximate surface area is 131 Å². The predicted molar refractivity (Wildman–Crippen MR) is 87.1 cm³/mol. The van der Waals surface area contributed by atoms with Crippen LogP contribution in [0.25, 0.3) is 0 Å². The van der Waals surface area contributed by atoms with Crippen molar-refractivity contribution in [3.8, 4) is 5.75 Å². The molecule has 1 amide bonds. The first-order chi connectivity index (χ1) is 10.6. The molecule has 4 heteroatoms. The Bertz CT molecular complexity index is 621. The van der Waals surface area contributed by atoms with E-state index in [9.17, 15) is 4.79 Å². The standard InChI is InChI=1S/C18H22N2O2/c1-20(2)13-16-7-5-4-6-15(16)12-19-18(21)14-8-10-17(22-3)11-9-14/h4-11H,12-13H2,1-3H3,(H,19,21)/p+1. The van der Waals surface area contributed by atoms with Gasteiger partial charge in [-0.25, -0.2) is 0 Å². The first-order valence-electron chi connectivity index (χ1n) is 7.38. The molecule has 4 nitrogen and oxygen atoms in total. The average molecular weight is 299 g/mol. The number of ether oxygens (including phenoxy) is 1. The summed E-state index contributed by atoms with van der Waals surface area (Å²) >= 11 is 0. The van der Waals surface area contributed by atoms with E-state index in [0.717, 1.165) is 17.9 Å². The molecule has 116 valence electrons. The van der Waals surface area contributed by atoms with E-state index in [0.29, 0.717) is 12.1 Å². The maximum atomic E-state index is 12.2. The molecule has 0 aliphatic carbocycles. The zero-order valence-corrected chi connectivity index (χ0v) is 13.3. The quantitative estimate of drug-likeness (QED) is 0.843. The van der Waals surface area contributed by atoms with Gasteiger partial charge in [-0.05, 0) is 29.8 Å². The number of rotatable bonds is 6. The molecular formula is C18H23N2O2+. The molecule has 2 rings (SSSR count). The van der Waals surface area contributed by atoms with Gasteiger partial charge in [0, 0.05) is 17.7 Å². The van der Waals surface area contributed by atoms with E-state index < -0.39 is 0 Å². The van der Waals surface area contributed by atoms with E-state index in [-0.39, 0.29) is 5.91 Å². The minimum atomic E-state index is -0.0744. The molecule has 0 bridgehead atoms. The second-order valence-electron chi connectivity index (χ2n) is 5.56. The SMILES string of the molecule is COc1ccc(C(=O)NCc2ccccc2C[NH+](C)C)cc1. The maximum Gasteiger partial charge on any atom is 0.251 e. The first-order valence-corrected chi connectivity index (χ1v) is 7.38. The predicted octanol–water partition coefficient (Wildman–Crippen LogP) is 1.27. The molecule has 0 aliphatic rings. The molecule has 0 fully saturated rings. The molecule has 0 atom stereocenters. The fourth-order valence-electron chi connectivity index (χ4n) is 2.30.